The van der Waals surface area contributed by atoms with Crippen molar-refractivity contribution in [1.82, 2.24) is 0 Å². The van der Waals surface area contributed by atoms with Gasteiger partial charge in [0.1, 0.15) is 11.6 Å². The first-order valence-electron chi connectivity index (χ1n) is 5.26. The monoisotopic (exact) mass is 266 g/mol. The van der Waals surface area contributed by atoms with E-state index in [1.165, 1.54) is 12.1 Å². The number of methoxy groups -OCH3 is 1. The first kappa shape index (κ1) is 12.5. The summed E-state index contributed by atoms with van der Waals surface area (Å²) in [5.41, 5.74) is 7.41. The van der Waals surface area contributed by atoms with Crippen LogP contribution in [0.1, 0.15) is 0 Å². The summed E-state index contributed by atoms with van der Waals surface area (Å²) in [6.45, 7) is 0. The predicted octanol–water partition coefficient (Wildman–Crippen LogP) is 3.81. The number of rotatable bonds is 3. The first-order valence-corrected chi connectivity index (χ1v) is 5.63. The molecule has 0 heterocycles. The molecule has 0 aliphatic rings. The van der Waals surface area contributed by atoms with E-state index in [0.717, 1.165) is 5.69 Å². The highest BCUT2D eigenvalue weighted by Gasteiger charge is 2.04. The molecule has 3 N–H and O–H groups in total. The van der Waals surface area contributed by atoms with E-state index < -0.39 is 0 Å². The summed E-state index contributed by atoms with van der Waals surface area (Å²) in [4.78, 5) is 0. The highest BCUT2D eigenvalue weighted by atomic mass is 35.5. The number of nitrogens with one attached hydrogen (secondary N) is 1. The molecule has 0 spiro atoms. The summed E-state index contributed by atoms with van der Waals surface area (Å²) in [5.74, 6) is 0.222. The van der Waals surface area contributed by atoms with Crippen molar-refractivity contribution < 1.29 is 9.13 Å². The second-order valence-electron chi connectivity index (χ2n) is 3.71. The number of hydrogen-bond donors (Lipinski definition) is 2. The Morgan fingerprint density at radius 3 is 2.61 bits per heavy atom. The molecule has 0 unspecified atom stereocenters. The average molecular weight is 267 g/mol. The Balaban J connectivity index is 2.26. The Morgan fingerprint density at radius 2 is 2.00 bits per heavy atom. The van der Waals surface area contributed by atoms with Crippen LogP contribution in [0.25, 0.3) is 0 Å². The van der Waals surface area contributed by atoms with E-state index in [1.54, 1.807) is 31.4 Å². The molecule has 2 aromatic rings. The van der Waals surface area contributed by atoms with Gasteiger partial charge in [0.05, 0.1) is 23.5 Å². The van der Waals surface area contributed by atoms with Crippen LogP contribution in [-0.2, 0) is 0 Å². The minimum atomic E-state index is -0.370. The molecule has 0 aliphatic carbocycles. The highest BCUT2D eigenvalue weighted by Crippen LogP contribution is 2.30. The summed E-state index contributed by atoms with van der Waals surface area (Å²) in [6.07, 6.45) is 0. The third-order valence-electron chi connectivity index (χ3n) is 2.44. The number of hydrogen-bond acceptors (Lipinski definition) is 3. The summed E-state index contributed by atoms with van der Waals surface area (Å²) < 4.78 is 18.0. The maximum Gasteiger partial charge on any atom is 0.137 e. The van der Waals surface area contributed by atoms with E-state index in [-0.39, 0.29) is 5.82 Å². The molecule has 3 nitrogen and oxygen atoms in total. The number of ether oxygens (including phenoxy) is 1. The molecule has 0 saturated heterocycles. The molecule has 0 saturated carbocycles. The minimum absolute atomic E-state index is 0.335. The molecule has 2 aromatic carbocycles. The fraction of sp³-hybridized carbons (Fsp3) is 0.0769. The lowest BCUT2D eigenvalue weighted by Crippen LogP contribution is -1.97. The summed E-state index contributed by atoms with van der Waals surface area (Å²) >= 11 is 6.00. The Morgan fingerprint density at radius 1 is 1.22 bits per heavy atom. The lowest BCUT2D eigenvalue weighted by molar-refractivity contribution is 0.415. The van der Waals surface area contributed by atoms with Gasteiger partial charge in [0.2, 0.25) is 0 Å². The van der Waals surface area contributed by atoms with Gasteiger partial charge in [-0.2, -0.15) is 0 Å². The van der Waals surface area contributed by atoms with Crippen molar-refractivity contribution in [2.75, 3.05) is 18.2 Å². The summed E-state index contributed by atoms with van der Waals surface area (Å²) in [7, 11) is 1.55. The Labute approximate surface area is 109 Å². The molecule has 0 radical (unpaired) electrons. The summed E-state index contributed by atoms with van der Waals surface area (Å²) in [5, 5.41) is 3.55. The molecule has 0 aliphatic heterocycles. The van der Waals surface area contributed by atoms with Crippen molar-refractivity contribution in [2.45, 2.75) is 0 Å². The van der Waals surface area contributed by atoms with Crippen LogP contribution in [-0.4, -0.2) is 7.11 Å². The van der Waals surface area contributed by atoms with Crippen LogP contribution in [0.5, 0.6) is 5.75 Å². The largest absolute Gasteiger partial charge is 0.495 e. The molecular formula is C13H12ClFN2O. The second-order valence-corrected chi connectivity index (χ2v) is 4.11. The molecule has 0 amide bonds. The van der Waals surface area contributed by atoms with Crippen molar-refractivity contribution in [2.24, 2.45) is 0 Å². The van der Waals surface area contributed by atoms with Crippen molar-refractivity contribution in [3.05, 3.63) is 47.2 Å². The predicted molar refractivity (Wildman–Crippen MR) is 72.1 cm³/mol. The first-order chi connectivity index (χ1) is 8.60. The van der Waals surface area contributed by atoms with Gasteiger partial charge in [-0.25, -0.2) is 4.39 Å². The SMILES string of the molecule is COc1ccc(Nc2ccc(F)cc2N)cc1Cl. The van der Waals surface area contributed by atoms with Crippen LogP contribution in [0.4, 0.5) is 21.5 Å². The van der Waals surface area contributed by atoms with Crippen molar-refractivity contribution in [3.8, 4) is 5.75 Å². The lowest BCUT2D eigenvalue weighted by atomic mass is 10.2. The van der Waals surface area contributed by atoms with E-state index in [0.29, 0.717) is 22.1 Å². The van der Waals surface area contributed by atoms with Crippen LogP contribution >= 0.6 is 11.6 Å². The number of benzene rings is 2. The Bertz CT molecular complexity index is 575. The smallest absolute Gasteiger partial charge is 0.137 e. The van der Waals surface area contributed by atoms with Gasteiger partial charge in [0.15, 0.2) is 0 Å². The van der Waals surface area contributed by atoms with Crippen LogP contribution in [0.2, 0.25) is 5.02 Å². The van der Waals surface area contributed by atoms with E-state index in [2.05, 4.69) is 5.32 Å². The van der Waals surface area contributed by atoms with Crippen LogP contribution in [0.15, 0.2) is 36.4 Å². The van der Waals surface area contributed by atoms with Crippen molar-refractivity contribution in [1.29, 1.82) is 0 Å². The number of nitrogen functional groups attached to an aromatic ring is 1. The van der Waals surface area contributed by atoms with Gasteiger partial charge in [-0.15, -0.1) is 0 Å². The highest BCUT2D eigenvalue weighted by molar-refractivity contribution is 6.32. The van der Waals surface area contributed by atoms with Gasteiger partial charge >= 0.3 is 0 Å². The Hall–Kier alpha value is -1.94. The third kappa shape index (κ3) is 2.65. The third-order valence-corrected chi connectivity index (χ3v) is 2.74. The molecule has 18 heavy (non-hydrogen) atoms. The van der Waals surface area contributed by atoms with Gasteiger partial charge in [-0.05, 0) is 36.4 Å². The maximum absolute atomic E-state index is 12.9. The topological polar surface area (TPSA) is 47.3 Å². The molecule has 94 valence electrons. The van der Waals surface area contributed by atoms with E-state index in [9.17, 15) is 4.39 Å². The zero-order chi connectivity index (χ0) is 13.1. The van der Waals surface area contributed by atoms with Gasteiger partial charge in [-0.3, -0.25) is 0 Å². The normalized spacial score (nSPS) is 10.2. The molecule has 0 fully saturated rings. The van der Waals surface area contributed by atoms with Gasteiger partial charge in [0, 0.05) is 5.69 Å². The molecule has 0 atom stereocenters. The number of anilines is 3. The van der Waals surface area contributed by atoms with E-state index in [4.69, 9.17) is 22.1 Å². The summed E-state index contributed by atoms with van der Waals surface area (Å²) in [6, 6.07) is 9.42. The van der Waals surface area contributed by atoms with Crippen LogP contribution in [0, 0.1) is 5.82 Å². The zero-order valence-electron chi connectivity index (χ0n) is 9.71. The second kappa shape index (κ2) is 5.14. The zero-order valence-corrected chi connectivity index (χ0v) is 10.5. The van der Waals surface area contributed by atoms with E-state index >= 15 is 0 Å². The molecule has 0 bridgehead atoms. The molecule has 5 heteroatoms. The molecule has 2 rings (SSSR count). The van der Waals surface area contributed by atoms with Crippen molar-refractivity contribution in [3.63, 3.8) is 0 Å². The minimum Gasteiger partial charge on any atom is -0.495 e. The standard InChI is InChI=1S/C13H12ClFN2O/c1-18-13-5-3-9(7-10(13)14)17-12-4-2-8(15)6-11(12)16/h2-7,17H,16H2,1H3. The van der Waals surface area contributed by atoms with Crippen LogP contribution < -0.4 is 15.8 Å². The number of halogens is 2. The quantitative estimate of drug-likeness (QED) is 0.831. The van der Waals surface area contributed by atoms with Gasteiger partial charge in [-0.1, -0.05) is 11.6 Å². The maximum atomic E-state index is 12.9. The average Bonchev–Trinajstić information content (AvgIpc) is 2.33. The van der Waals surface area contributed by atoms with Crippen LogP contribution in [0.3, 0.4) is 0 Å². The van der Waals surface area contributed by atoms with Crippen molar-refractivity contribution >= 4 is 28.7 Å². The fourth-order valence-electron chi connectivity index (χ4n) is 1.55. The molecule has 0 aromatic heterocycles. The molecular weight excluding hydrogens is 255 g/mol. The Kier molecular flexibility index (Phi) is 3.58. The fourth-order valence-corrected chi connectivity index (χ4v) is 1.80. The number of nitrogens with two attached hydrogens (primary N) is 1. The lowest BCUT2D eigenvalue weighted by Gasteiger charge is -2.11. The van der Waals surface area contributed by atoms with Gasteiger partial charge in [0.25, 0.3) is 0 Å². The van der Waals surface area contributed by atoms with Gasteiger partial charge < -0.3 is 15.8 Å². The van der Waals surface area contributed by atoms with E-state index in [1.807, 2.05) is 0 Å².